The zero-order valence-corrected chi connectivity index (χ0v) is 12.9. The minimum Gasteiger partial charge on any atom is -0.466 e. The zero-order valence-electron chi connectivity index (χ0n) is 12.1. The number of benzene rings is 1. The van der Waals surface area contributed by atoms with Gasteiger partial charge < -0.3 is 9.32 Å². The third-order valence-electron chi connectivity index (χ3n) is 3.87. The molecule has 1 saturated heterocycles. The van der Waals surface area contributed by atoms with Crippen molar-refractivity contribution in [2.75, 3.05) is 12.3 Å². The van der Waals surface area contributed by atoms with Gasteiger partial charge in [-0.05, 0) is 24.1 Å². The van der Waals surface area contributed by atoms with E-state index in [1.807, 2.05) is 47.4 Å². The Labute approximate surface area is 129 Å². The summed E-state index contributed by atoms with van der Waals surface area (Å²) in [7, 11) is 0. The van der Waals surface area contributed by atoms with Crippen molar-refractivity contribution in [1.29, 1.82) is 0 Å². The molecule has 2 aromatic rings. The summed E-state index contributed by atoms with van der Waals surface area (Å²) in [6, 6.07) is 13.9. The van der Waals surface area contributed by atoms with Crippen molar-refractivity contribution < 1.29 is 9.21 Å². The number of carbonyl (C=O) groups excluding carboxylic acids is 1. The van der Waals surface area contributed by atoms with Crippen LogP contribution in [0.3, 0.4) is 0 Å². The molecule has 2 atom stereocenters. The summed E-state index contributed by atoms with van der Waals surface area (Å²) >= 11 is 1.77. The number of furan rings is 1. The smallest absolute Gasteiger partial charge is 0.231 e. The second kappa shape index (κ2) is 6.39. The summed E-state index contributed by atoms with van der Waals surface area (Å²) in [6.07, 6.45) is 2.49. The van der Waals surface area contributed by atoms with Gasteiger partial charge >= 0.3 is 0 Å². The minimum atomic E-state index is -0.0673. The van der Waals surface area contributed by atoms with E-state index >= 15 is 0 Å². The molecule has 21 heavy (non-hydrogen) atoms. The maximum absolute atomic E-state index is 13.0. The molecule has 0 saturated carbocycles. The van der Waals surface area contributed by atoms with Crippen LogP contribution in [-0.4, -0.2) is 23.1 Å². The molecular formula is C17H19NO2S. The molecule has 0 N–H and O–H groups in total. The van der Waals surface area contributed by atoms with Gasteiger partial charge in [-0.15, -0.1) is 11.8 Å². The Bertz CT molecular complexity index is 582. The highest BCUT2D eigenvalue weighted by Crippen LogP contribution is 2.40. The molecule has 110 valence electrons. The lowest BCUT2D eigenvalue weighted by Crippen LogP contribution is -2.34. The highest BCUT2D eigenvalue weighted by Gasteiger charge is 2.35. The van der Waals surface area contributed by atoms with Gasteiger partial charge in [0.2, 0.25) is 5.91 Å². The number of nitrogens with zero attached hydrogens (tertiary/aromatic N) is 1. The van der Waals surface area contributed by atoms with Crippen molar-refractivity contribution in [3.63, 3.8) is 0 Å². The van der Waals surface area contributed by atoms with Crippen LogP contribution in [-0.2, 0) is 4.79 Å². The molecule has 1 aliphatic heterocycles. The first-order valence-corrected chi connectivity index (χ1v) is 8.36. The summed E-state index contributed by atoms with van der Waals surface area (Å²) in [5.41, 5.74) is 1.10. The number of amides is 1. The van der Waals surface area contributed by atoms with Gasteiger partial charge in [0.15, 0.2) is 0 Å². The second-order valence-corrected chi connectivity index (χ2v) is 6.33. The van der Waals surface area contributed by atoms with Crippen LogP contribution in [0.1, 0.15) is 36.0 Å². The molecular weight excluding hydrogens is 282 g/mol. The first-order chi connectivity index (χ1) is 10.3. The van der Waals surface area contributed by atoms with Crippen molar-refractivity contribution in [2.45, 2.75) is 24.6 Å². The van der Waals surface area contributed by atoms with E-state index in [0.29, 0.717) is 0 Å². The molecule has 4 heteroatoms. The third-order valence-corrected chi connectivity index (χ3v) is 5.09. The van der Waals surface area contributed by atoms with E-state index < -0.39 is 0 Å². The van der Waals surface area contributed by atoms with E-state index in [4.69, 9.17) is 4.42 Å². The first kappa shape index (κ1) is 14.3. The van der Waals surface area contributed by atoms with Crippen molar-refractivity contribution in [1.82, 2.24) is 4.90 Å². The number of rotatable bonds is 4. The highest BCUT2D eigenvalue weighted by molar-refractivity contribution is 7.99. The van der Waals surface area contributed by atoms with E-state index in [1.165, 1.54) is 0 Å². The Balaban J connectivity index is 1.83. The van der Waals surface area contributed by atoms with Crippen LogP contribution in [0.2, 0.25) is 0 Å². The SMILES string of the molecule is CC[C@H](C(=O)N1CCS[C@H]1c1ccco1)c1ccccc1. The second-order valence-electron chi connectivity index (χ2n) is 5.14. The number of hydrogen-bond acceptors (Lipinski definition) is 3. The van der Waals surface area contributed by atoms with Gasteiger partial charge in [-0.3, -0.25) is 4.79 Å². The Morgan fingerprint density at radius 3 is 2.81 bits per heavy atom. The lowest BCUT2D eigenvalue weighted by Gasteiger charge is -2.27. The molecule has 1 fully saturated rings. The maximum atomic E-state index is 13.0. The van der Waals surface area contributed by atoms with Crippen LogP contribution < -0.4 is 0 Å². The minimum absolute atomic E-state index is 0.0188. The summed E-state index contributed by atoms with van der Waals surface area (Å²) in [6.45, 7) is 2.86. The standard InChI is InChI=1S/C17H19NO2S/c1-2-14(13-7-4-3-5-8-13)16(19)18-10-12-21-17(18)15-9-6-11-20-15/h3-9,11,14,17H,2,10,12H2,1H3/t14-,17-/m0/s1. The number of carbonyl (C=O) groups is 1. The summed E-state index contributed by atoms with van der Waals surface area (Å²) < 4.78 is 5.50. The molecule has 0 radical (unpaired) electrons. The van der Waals surface area contributed by atoms with Gasteiger partial charge in [-0.25, -0.2) is 0 Å². The fourth-order valence-electron chi connectivity index (χ4n) is 2.80. The normalized spacial score (nSPS) is 19.7. The third kappa shape index (κ3) is 2.86. The molecule has 1 amide bonds. The van der Waals surface area contributed by atoms with E-state index in [0.717, 1.165) is 30.0 Å². The van der Waals surface area contributed by atoms with E-state index in [2.05, 4.69) is 6.92 Å². The molecule has 3 rings (SSSR count). The lowest BCUT2D eigenvalue weighted by molar-refractivity contribution is -0.133. The summed E-state index contributed by atoms with van der Waals surface area (Å²) in [5, 5.41) is 0.0188. The van der Waals surface area contributed by atoms with Crippen LogP contribution >= 0.6 is 11.8 Å². The average molecular weight is 301 g/mol. The molecule has 1 aromatic heterocycles. The lowest BCUT2D eigenvalue weighted by atomic mass is 9.95. The Hall–Kier alpha value is -1.68. The predicted molar refractivity (Wildman–Crippen MR) is 85.1 cm³/mol. The van der Waals surface area contributed by atoms with Gasteiger partial charge in [0.05, 0.1) is 12.2 Å². The van der Waals surface area contributed by atoms with Crippen molar-refractivity contribution in [3.05, 3.63) is 60.1 Å². The zero-order chi connectivity index (χ0) is 14.7. The van der Waals surface area contributed by atoms with Gasteiger partial charge in [0, 0.05) is 12.3 Å². The molecule has 0 spiro atoms. The van der Waals surface area contributed by atoms with Gasteiger partial charge in [0.25, 0.3) is 0 Å². The van der Waals surface area contributed by atoms with Crippen LogP contribution in [0, 0.1) is 0 Å². The van der Waals surface area contributed by atoms with Crippen LogP contribution in [0.25, 0.3) is 0 Å². The molecule has 0 aliphatic carbocycles. The number of hydrogen-bond donors (Lipinski definition) is 0. The van der Waals surface area contributed by atoms with E-state index in [-0.39, 0.29) is 17.2 Å². The van der Waals surface area contributed by atoms with E-state index in [1.54, 1.807) is 18.0 Å². The van der Waals surface area contributed by atoms with Crippen molar-refractivity contribution in [3.8, 4) is 0 Å². The Kier molecular flexibility index (Phi) is 4.34. The Morgan fingerprint density at radius 1 is 1.33 bits per heavy atom. The average Bonchev–Trinajstić information content (AvgIpc) is 3.20. The van der Waals surface area contributed by atoms with Gasteiger partial charge in [-0.2, -0.15) is 0 Å². The quantitative estimate of drug-likeness (QED) is 0.854. The molecule has 1 aromatic carbocycles. The molecule has 3 nitrogen and oxygen atoms in total. The number of thioether (sulfide) groups is 1. The van der Waals surface area contributed by atoms with Gasteiger partial charge in [-0.1, -0.05) is 37.3 Å². The Morgan fingerprint density at radius 2 is 2.14 bits per heavy atom. The fraction of sp³-hybridized carbons (Fsp3) is 0.353. The highest BCUT2D eigenvalue weighted by atomic mass is 32.2. The topological polar surface area (TPSA) is 33.5 Å². The fourth-order valence-corrected chi connectivity index (χ4v) is 4.01. The van der Waals surface area contributed by atoms with Gasteiger partial charge in [0.1, 0.15) is 11.1 Å². The first-order valence-electron chi connectivity index (χ1n) is 7.31. The van der Waals surface area contributed by atoms with Crippen LogP contribution in [0.15, 0.2) is 53.1 Å². The molecule has 2 heterocycles. The molecule has 0 unspecified atom stereocenters. The van der Waals surface area contributed by atoms with Crippen LogP contribution in [0.5, 0.6) is 0 Å². The maximum Gasteiger partial charge on any atom is 0.231 e. The molecule has 0 bridgehead atoms. The summed E-state index contributed by atoms with van der Waals surface area (Å²) in [5.74, 6) is 1.97. The van der Waals surface area contributed by atoms with E-state index in [9.17, 15) is 4.79 Å². The predicted octanol–water partition coefficient (Wildman–Crippen LogP) is 4.05. The van der Waals surface area contributed by atoms with Crippen LogP contribution in [0.4, 0.5) is 0 Å². The summed E-state index contributed by atoms with van der Waals surface area (Å²) in [4.78, 5) is 14.9. The van der Waals surface area contributed by atoms with Crippen molar-refractivity contribution in [2.24, 2.45) is 0 Å². The van der Waals surface area contributed by atoms with Crippen molar-refractivity contribution >= 4 is 17.7 Å². The largest absolute Gasteiger partial charge is 0.466 e. The monoisotopic (exact) mass is 301 g/mol. The molecule has 1 aliphatic rings.